The van der Waals surface area contributed by atoms with Gasteiger partial charge in [0.05, 0.1) is 0 Å². The fourth-order valence-corrected chi connectivity index (χ4v) is 2.71. The number of benzene rings is 2. The third-order valence-electron chi connectivity index (χ3n) is 4.31. The topological polar surface area (TPSA) is 40.6 Å². The number of amides is 2. The van der Waals surface area contributed by atoms with Crippen molar-refractivity contribution in [2.45, 2.75) is 26.3 Å². The average Bonchev–Trinajstić information content (AvgIpc) is 2.63. The molecule has 5 heteroatoms. The van der Waals surface area contributed by atoms with Gasteiger partial charge in [0.25, 0.3) is 0 Å². The fraction of sp³-hybridized carbons (Fsp3) is 0.333. The lowest BCUT2D eigenvalue weighted by Crippen LogP contribution is -2.35. The molecule has 4 nitrogen and oxygen atoms in total. The second-order valence-corrected chi connectivity index (χ2v) is 6.37. The molecule has 0 heterocycles. The van der Waals surface area contributed by atoms with Crippen molar-refractivity contribution in [3.05, 3.63) is 71.5 Å². The SMILES string of the molecule is CC(=O)N(CCC(=O)N(C)Cc1ccccc1)CCc1ccc(F)cc1. The summed E-state index contributed by atoms with van der Waals surface area (Å²) in [4.78, 5) is 27.5. The van der Waals surface area contributed by atoms with E-state index in [0.29, 0.717) is 26.1 Å². The highest BCUT2D eigenvalue weighted by Crippen LogP contribution is 2.07. The van der Waals surface area contributed by atoms with Gasteiger partial charge in [-0.15, -0.1) is 0 Å². The molecule has 138 valence electrons. The van der Waals surface area contributed by atoms with E-state index in [0.717, 1.165) is 11.1 Å². The summed E-state index contributed by atoms with van der Waals surface area (Å²) in [5.41, 5.74) is 2.04. The van der Waals surface area contributed by atoms with E-state index >= 15 is 0 Å². The lowest BCUT2D eigenvalue weighted by molar-refractivity contribution is -0.133. The molecule has 0 N–H and O–H groups in total. The molecule has 0 saturated carbocycles. The standard InChI is InChI=1S/C21H25FN2O2/c1-17(25)24(14-12-18-8-10-20(22)11-9-18)15-13-21(26)23(2)16-19-6-4-3-5-7-19/h3-11H,12-16H2,1-2H3. The first-order valence-electron chi connectivity index (χ1n) is 8.73. The molecule has 0 aliphatic rings. The first-order chi connectivity index (χ1) is 12.5. The first-order valence-corrected chi connectivity index (χ1v) is 8.73. The summed E-state index contributed by atoms with van der Waals surface area (Å²) in [6.45, 7) is 2.95. The molecule has 2 aromatic rings. The predicted octanol–water partition coefficient (Wildman–Crippen LogP) is 3.27. The van der Waals surface area contributed by atoms with E-state index in [4.69, 9.17) is 0 Å². The van der Waals surface area contributed by atoms with Gasteiger partial charge in [0.1, 0.15) is 5.82 Å². The van der Waals surface area contributed by atoms with Crippen molar-refractivity contribution in [2.75, 3.05) is 20.1 Å². The van der Waals surface area contributed by atoms with Gasteiger partial charge in [-0.25, -0.2) is 4.39 Å². The molecular formula is C21H25FN2O2. The Hall–Kier alpha value is -2.69. The van der Waals surface area contributed by atoms with Gasteiger partial charge in [-0.3, -0.25) is 9.59 Å². The molecule has 0 fully saturated rings. The summed E-state index contributed by atoms with van der Waals surface area (Å²) in [5, 5.41) is 0. The Morgan fingerprint density at radius 3 is 2.19 bits per heavy atom. The molecule has 0 aliphatic heterocycles. The molecular weight excluding hydrogens is 331 g/mol. The van der Waals surface area contributed by atoms with Crippen molar-refractivity contribution >= 4 is 11.8 Å². The molecule has 0 unspecified atom stereocenters. The van der Waals surface area contributed by atoms with Crippen molar-refractivity contribution in [3.63, 3.8) is 0 Å². The number of hydrogen-bond acceptors (Lipinski definition) is 2. The van der Waals surface area contributed by atoms with Crippen LogP contribution in [-0.4, -0.2) is 41.8 Å². The van der Waals surface area contributed by atoms with Gasteiger partial charge in [-0.2, -0.15) is 0 Å². The molecule has 0 radical (unpaired) electrons. The number of hydrogen-bond donors (Lipinski definition) is 0. The Balaban J connectivity index is 1.82. The second-order valence-electron chi connectivity index (χ2n) is 6.37. The van der Waals surface area contributed by atoms with E-state index in [2.05, 4.69) is 0 Å². The maximum absolute atomic E-state index is 12.9. The van der Waals surface area contributed by atoms with Crippen LogP contribution in [0.2, 0.25) is 0 Å². The van der Waals surface area contributed by atoms with Crippen LogP contribution >= 0.6 is 0 Å². The fourth-order valence-electron chi connectivity index (χ4n) is 2.71. The Morgan fingerprint density at radius 1 is 0.923 bits per heavy atom. The Kier molecular flexibility index (Phi) is 7.33. The third-order valence-corrected chi connectivity index (χ3v) is 4.31. The molecule has 0 saturated heterocycles. The van der Waals surface area contributed by atoms with Gasteiger partial charge < -0.3 is 9.80 Å². The largest absolute Gasteiger partial charge is 0.342 e. The highest BCUT2D eigenvalue weighted by Gasteiger charge is 2.14. The van der Waals surface area contributed by atoms with Crippen LogP contribution in [-0.2, 0) is 22.6 Å². The van der Waals surface area contributed by atoms with Crippen molar-refractivity contribution in [3.8, 4) is 0 Å². The summed E-state index contributed by atoms with van der Waals surface area (Å²) in [5.74, 6) is -0.336. The Labute approximate surface area is 154 Å². The number of carbonyl (C=O) groups excluding carboxylic acids is 2. The molecule has 0 spiro atoms. The second kappa shape index (κ2) is 9.70. The summed E-state index contributed by atoms with van der Waals surface area (Å²) < 4.78 is 12.9. The molecule has 0 atom stereocenters. The summed E-state index contributed by atoms with van der Waals surface area (Å²) >= 11 is 0. The van der Waals surface area contributed by atoms with Crippen molar-refractivity contribution in [2.24, 2.45) is 0 Å². The van der Waals surface area contributed by atoms with Crippen LogP contribution in [0.1, 0.15) is 24.5 Å². The van der Waals surface area contributed by atoms with Crippen molar-refractivity contribution < 1.29 is 14.0 Å². The zero-order valence-electron chi connectivity index (χ0n) is 15.3. The maximum atomic E-state index is 12.9. The van der Waals surface area contributed by atoms with Gasteiger partial charge in [0, 0.05) is 40.0 Å². The van der Waals surface area contributed by atoms with Gasteiger partial charge in [0.2, 0.25) is 11.8 Å². The van der Waals surface area contributed by atoms with Crippen LogP contribution in [0.15, 0.2) is 54.6 Å². The van der Waals surface area contributed by atoms with E-state index in [-0.39, 0.29) is 24.1 Å². The number of halogens is 1. The van der Waals surface area contributed by atoms with Gasteiger partial charge in [-0.05, 0) is 29.7 Å². The van der Waals surface area contributed by atoms with Crippen LogP contribution in [0, 0.1) is 5.82 Å². The molecule has 2 amide bonds. The molecule has 2 rings (SSSR count). The van der Waals surface area contributed by atoms with E-state index in [9.17, 15) is 14.0 Å². The summed E-state index contributed by atoms with van der Waals surface area (Å²) in [6.07, 6.45) is 0.917. The highest BCUT2D eigenvalue weighted by molar-refractivity contribution is 5.78. The van der Waals surface area contributed by atoms with E-state index in [1.54, 1.807) is 29.0 Å². The highest BCUT2D eigenvalue weighted by atomic mass is 19.1. The molecule has 0 bridgehead atoms. The third kappa shape index (κ3) is 6.31. The molecule has 0 aromatic heterocycles. The zero-order valence-corrected chi connectivity index (χ0v) is 15.3. The van der Waals surface area contributed by atoms with Gasteiger partial charge >= 0.3 is 0 Å². The van der Waals surface area contributed by atoms with Gasteiger partial charge in [0.15, 0.2) is 0 Å². The van der Waals surface area contributed by atoms with E-state index in [1.807, 2.05) is 30.3 Å². The van der Waals surface area contributed by atoms with E-state index in [1.165, 1.54) is 19.1 Å². The van der Waals surface area contributed by atoms with Crippen molar-refractivity contribution in [1.82, 2.24) is 9.80 Å². The van der Waals surface area contributed by atoms with Crippen LogP contribution in [0.25, 0.3) is 0 Å². The normalized spacial score (nSPS) is 10.4. The minimum absolute atomic E-state index is 0.00175. The first kappa shape index (κ1) is 19.6. The molecule has 26 heavy (non-hydrogen) atoms. The molecule has 2 aromatic carbocycles. The zero-order chi connectivity index (χ0) is 18.9. The van der Waals surface area contributed by atoms with Crippen LogP contribution in [0.3, 0.4) is 0 Å². The maximum Gasteiger partial charge on any atom is 0.224 e. The summed E-state index contributed by atoms with van der Waals surface area (Å²) in [6, 6.07) is 16.0. The average molecular weight is 356 g/mol. The lowest BCUT2D eigenvalue weighted by atomic mass is 10.1. The Bertz CT molecular complexity index is 717. The Morgan fingerprint density at radius 2 is 1.58 bits per heavy atom. The van der Waals surface area contributed by atoms with Crippen LogP contribution in [0.4, 0.5) is 4.39 Å². The minimum Gasteiger partial charge on any atom is -0.342 e. The smallest absolute Gasteiger partial charge is 0.224 e. The molecule has 0 aliphatic carbocycles. The quantitative estimate of drug-likeness (QED) is 0.728. The monoisotopic (exact) mass is 356 g/mol. The van der Waals surface area contributed by atoms with Crippen molar-refractivity contribution in [1.29, 1.82) is 0 Å². The number of rotatable bonds is 8. The van der Waals surface area contributed by atoms with Gasteiger partial charge in [-0.1, -0.05) is 42.5 Å². The summed E-state index contributed by atoms with van der Waals surface area (Å²) in [7, 11) is 1.77. The number of nitrogens with zero attached hydrogens (tertiary/aromatic N) is 2. The van der Waals surface area contributed by atoms with Crippen LogP contribution in [0.5, 0.6) is 0 Å². The minimum atomic E-state index is -0.274. The van der Waals surface area contributed by atoms with E-state index < -0.39 is 0 Å². The predicted molar refractivity (Wildman–Crippen MR) is 99.9 cm³/mol. The van der Waals surface area contributed by atoms with Crippen LogP contribution < -0.4 is 0 Å². The lowest BCUT2D eigenvalue weighted by Gasteiger charge is -2.23. The number of carbonyl (C=O) groups is 2.